The van der Waals surface area contributed by atoms with Gasteiger partial charge >= 0.3 is 0 Å². The van der Waals surface area contributed by atoms with E-state index < -0.39 is 5.91 Å². The van der Waals surface area contributed by atoms with E-state index in [1.54, 1.807) is 6.07 Å². The number of carbonyl (C=O) groups is 1. The van der Waals surface area contributed by atoms with Crippen LogP contribution in [0, 0.1) is 0 Å². The van der Waals surface area contributed by atoms with Gasteiger partial charge in [0.15, 0.2) is 10.9 Å². The average molecular weight is 488 g/mol. The third kappa shape index (κ3) is 5.47. The molecule has 30 heavy (non-hydrogen) atoms. The monoisotopic (exact) mass is 486 g/mol. The maximum Gasteiger partial charge on any atom is 0.257 e. The highest BCUT2D eigenvalue weighted by molar-refractivity contribution is 7.80. The van der Waals surface area contributed by atoms with Gasteiger partial charge in [-0.3, -0.25) is 10.1 Å². The summed E-state index contributed by atoms with van der Waals surface area (Å²) in [6, 6.07) is 8.54. The van der Waals surface area contributed by atoms with E-state index in [4.69, 9.17) is 51.8 Å². The minimum atomic E-state index is -0.445. The molecule has 0 atom stereocenters. The third-order valence-corrected chi connectivity index (χ3v) is 5.81. The van der Waals surface area contributed by atoms with Crippen LogP contribution in [0.3, 0.4) is 0 Å². The van der Waals surface area contributed by atoms with Crippen LogP contribution in [-0.4, -0.2) is 56.3 Å². The average Bonchev–Trinajstić information content (AvgIpc) is 2.68. The second kappa shape index (κ2) is 10.0. The van der Waals surface area contributed by atoms with Gasteiger partial charge < -0.3 is 19.9 Å². The van der Waals surface area contributed by atoms with Crippen molar-refractivity contribution in [1.29, 1.82) is 0 Å². The summed E-state index contributed by atoms with van der Waals surface area (Å²) in [6.45, 7) is 3.83. The molecular formula is C20H21Cl3N4O2S. The number of amides is 1. The molecule has 3 rings (SSSR count). The molecule has 0 spiro atoms. The molecule has 0 bridgehead atoms. The van der Waals surface area contributed by atoms with Crippen molar-refractivity contribution in [3.05, 3.63) is 51.0 Å². The molecular weight excluding hydrogens is 467 g/mol. The van der Waals surface area contributed by atoms with Gasteiger partial charge in [0.1, 0.15) is 0 Å². The van der Waals surface area contributed by atoms with Crippen molar-refractivity contribution in [2.45, 2.75) is 0 Å². The Morgan fingerprint density at radius 2 is 1.67 bits per heavy atom. The number of carbonyl (C=O) groups excluding carboxylic acids is 1. The number of hydrogen-bond acceptors (Lipinski definition) is 5. The van der Waals surface area contributed by atoms with E-state index in [0.717, 1.165) is 31.9 Å². The van der Waals surface area contributed by atoms with E-state index in [-0.39, 0.29) is 20.7 Å². The van der Waals surface area contributed by atoms with Gasteiger partial charge in [-0.25, -0.2) is 0 Å². The highest BCUT2D eigenvalue weighted by Gasteiger charge is 2.18. The Labute approximate surface area is 196 Å². The van der Waals surface area contributed by atoms with Gasteiger partial charge in [-0.15, -0.1) is 0 Å². The van der Waals surface area contributed by atoms with Gasteiger partial charge in [-0.2, -0.15) is 0 Å². The van der Waals surface area contributed by atoms with Crippen molar-refractivity contribution in [2.75, 3.05) is 50.6 Å². The van der Waals surface area contributed by atoms with Crippen LogP contribution in [0.4, 0.5) is 11.4 Å². The van der Waals surface area contributed by atoms with E-state index in [0.29, 0.717) is 16.5 Å². The summed E-state index contributed by atoms with van der Waals surface area (Å²) < 4.78 is 5.09. The Hall–Kier alpha value is -1.77. The lowest BCUT2D eigenvalue weighted by atomic mass is 10.2. The van der Waals surface area contributed by atoms with Crippen LogP contribution >= 0.6 is 47.0 Å². The van der Waals surface area contributed by atoms with E-state index in [1.807, 2.05) is 12.1 Å². The molecule has 10 heteroatoms. The number of thiocarbonyl (C=S) groups is 1. The molecule has 1 amide bonds. The Bertz CT molecular complexity index is 942. The maximum atomic E-state index is 12.5. The first kappa shape index (κ1) is 22.9. The van der Waals surface area contributed by atoms with Crippen molar-refractivity contribution in [3.63, 3.8) is 0 Å². The molecule has 6 nitrogen and oxygen atoms in total. The summed E-state index contributed by atoms with van der Waals surface area (Å²) in [6.07, 6.45) is 0. The highest BCUT2D eigenvalue weighted by Crippen LogP contribution is 2.34. The smallest absolute Gasteiger partial charge is 0.257 e. The number of rotatable bonds is 4. The van der Waals surface area contributed by atoms with Gasteiger partial charge in [-0.1, -0.05) is 34.8 Å². The van der Waals surface area contributed by atoms with Crippen molar-refractivity contribution < 1.29 is 9.53 Å². The Kier molecular flexibility index (Phi) is 7.65. The van der Waals surface area contributed by atoms with E-state index >= 15 is 0 Å². The second-order valence-corrected chi connectivity index (χ2v) is 8.47. The second-order valence-electron chi connectivity index (χ2n) is 6.84. The maximum absolute atomic E-state index is 12.5. The topological polar surface area (TPSA) is 56.8 Å². The van der Waals surface area contributed by atoms with Crippen molar-refractivity contribution in [2.24, 2.45) is 0 Å². The molecule has 160 valence electrons. The van der Waals surface area contributed by atoms with Gasteiger partial charge in [0.2, 0.25) is 0 Å². The Morgan fingerprint density at radius 1 is 1.03 bits per heavy atom. The molecule has 2 N–H and O–H groups in total. The number of benzene rings is 2. The van der Waals surface area contributed by atoms with Crippen LogP contribution in [0.25, 0.3) is 0 Å². The van der Waals surface area contributed by atoms with Crippen molar-refractivity contribution in [3.8, 4) is 5.75 Å². The summed E-state index contributed by atoms with van der Waals surface area (Å²) in [5, 5.41) is 6.79. The number of halogens is 3. The molecule has 1 fully saturated rings. The molecule has 0 unspecified atom stereocenters. The molecule has 1 aliphatic heterocycles. The quantitative estimate of drug-likeness (QED) is 0.618. The first-order valence-electron chi connectivity index (χ1n) is 9.17. The third-order valence-electron chi connectivity index (χ3n) is 4.74. The molecule has 2 aromatic carbocycles. The first-order valence-corrected chi connectivity index (χ1v) is 10.7. The fourth-order valence-electron chi connectivity index (χ4n) is 3.11. The largest absolute Gasteiger partial charge is 0.494 e. The fraction of sp³-hybridized carbons (Fsp3) is 0.300. The van der Waals surface area contributed by atoms with E-state index in [2.05, 4.69) is 27.5 Å². The van der Waals surface area contributed by atoms with Crippen molar-refractivity contribution in [1.82, 2.24) is 10.2 Å². The Morgan fingerprint density at radius 3 is 2.23 bits per heavy atom. The zero-order valence-corrected chi connectivity index (χ0v) is 19.6. The first-order chi connectivity index (χ1) is 14.3. The van der Waals surface area contributed by atoms with Gasteiger partial charge in [0, 0.05) is 37.4 Å². The minimum absolute atomic E-state index is 0.131. The standard InChI is InChI=1S/C20H21Cl3N4O2S/c1-26-5-7-27(8-6-26)17-4-3-13(11-14(17)21)24-20(30)25-19(28)12-9-15(22)18(29-2)16(23)10-12/h3-4,9-11H,5-8H2,1-2H3,(H2,24,25,28,30). The number of nitrogens with one attached hydrogen (secondary N) is 2. The zero-order valence-electron chi connectivity index (χ0n) is 16.5. The lowest BCUT2D eigenvalue weighted by Gasteiger charge is -2.34. The predicted molar refractivity (Wildman–Crippen MR) is 128 cm³/mol. The summed E-state index contributed by atoms with van der Waals surface area (Å²) >= 11 is 23.9. The molecule has 0 aliphatic carbocycles. The normalized spacial score (nSPS) is 14.4. The number of nitrogens with zero attached hydrogens (tertiary/aromatic N) is 2. The number of hydrogen-bond donors (Lipinski definition) is 2. The SMILES string of the molecule is COc1c(Cl)cc(C(=O)NC(=S)Nc2ccc(N3CCN(C)CC3)c(Cl)c2)cc1Cl. The highest BCUT2D eigenvalue weighted by atomic mass is 35.5. The molecule has 1 aliphatic rings. The van der Waals surface area contributed by atoms with Crippen molar-refractivity contribution >= 4 is 69.4 Å². The number of methoxy groups -OCH3 is 1. The minimum Gasteiger partial charge on any atom is -0.494 e. The Balaban J connectivity index is 1.63. The number of ether oxygens (including phenoxy) is 1. The zero-order chi connectivity index (χ0) is 21.8. The number of anilines is 2. The molecule has 1 saturated heterocycles. The van der Waals surface area contributed by atoms with Crippen LogP contribution in [0.2, 0.25) is 15.1 Å². The van der Waals surface area contributed by atoms with E-state index in [9.17, 15) is 4.79 Å². The molecule has 0 aromatic heterocycles. The summed E-state index contributed by atoms with van der Waals surface area (Å²) in [5.41, 5.74) is 1.92. The summed E-state index contributed by atoms with van der Waals surface area (Å²) in [4.78, 5) is 17.0. The van der Waals surface area contributed by atoms with Crippen LogP contribution in [-0.2, 0) is 0 Å². The van der Waals surface area contributed by atoms with Crippen LogP contribution in [0.5, 0.6) is 5.75 Å². The van der Waals surface area contributed by atoms with Gasteiger partial charge in [0.25, 0.3) is 5.91 Å². The fourth-order valence-corrected chi connectivity index (χ4v) is 4.26. The molecule has 2 aromatic rings. The van der Waals surface area contributed by atoms with E-state index in [1.165, 1.54) is 19.2 Å². The van der Waals surface area contributed by atoms with Crippen LogP contribution < -0.4 is 20.3 Å². The van der Waals surface area contributed by atoms with Gasteiger partial charge in [-0.05, 0) is 49.6 Å². The molecule has 0 saturated carbocycles. The van der Waals surface area contributed by atoms with Gasteiger partial charge in [0.05, 0.1) is 27.9 Å². The number of piperazine rings is 1. The van der Waals surface area contributed by atoms with Crippen LogP contribution in [0.15, 0.2) is 30.3 Å². The lowest BCUT2D eigenvalue weighted by Crippen LogP contribution is -2.44. The number of likely N-dealkylation sites (N-methyl/N-ethyl adjacent to an activating group) is 1. The predicted octanol–water partition coefficient (Wildman–Crippen LogP) is 4.53. The lowest BCUT2D eigenvalue weighted by molar-refractivity contribution is 0.0977. The summed E-state index contributed by atoms with van der Waals surface area (Å²) in [5.74, 6) is -0.134. The molecule has 0 radical (unpaired) electrons. The summed E-state index contributed by atoms with van der Waals surface area (Å²) in [7, 11) is 3.56. The van der Waals surface area contributed by atoms with Crippen LogP contribution in [0.1, 0.15) is 10.4 Å². The molecule has 1 heterocycles.